The highest BCUT2D eigenvalue weighted by atomic mass is 16.6. The summed E-state index contributed by atoms with van der Waals surface area (Å²) in [6.45, 7) is 4.60. The second-order valence-corrected chi connectivity index (χ2v) is 4.90. The van der Waals surface area contributed by atoms with E-state index in [9.17, 15) is 14.9 Å². The van der Waals surface area contributed by atoms with Gasteiger partial charge in [-0.1, -0.05) is 12.1 Å². The van der Waals surface area contributed by atoms with Crippen LogP contribution >= 0.6 is 0 Å². The molecule has 0 unspecified atom stereocenters. The number of ether oxygens (including phenoxy) is 1. The van der Waals surface area contributed by atoms with Gasteiger partial charge >= 0.3 is 5.97 Å². The molecule has 1 rings (SSSR count). The normalized spacial score (nSPS) is 11.1. The lowest BCUT2D eigenvalue weighted by atomic mass is 9.94. The fraction of sp³-hybridized carbons (Fsp3) is 0.462. The molecule has 0 spiro atoms. The quantitative estimate of drug-likeness (QED) is 0.483. The average Bonchev–Trinajstić information content (AvgIpc) is 2.38. The highest BCUT2D eigenvalue weighted by molar-refractivity contribution is 5.76. The summed E-state index contributed by atoms with van der Waals surface area (Å²) in [5.74, 6) is -0.274. The van der Waals surface area contributed by atoms with E-state index in [1.807, 2.05) is 0 Å². The molecule has 1 aromatic rings. The first-order chi connectivity index (χ1) is 8.86. The molecule has 1 N–H and O–H groups in total. The van der Waals surface area contributed by atoms with Gasteiger partial charge in [0.25, 0.3) is 5.69 Å². The Morgan fingerprint density at radius 2 is 1.95 bits per heavy atom. The topological polar surface area (TPSA) is 81.5 Å². The van der Waals surface area contributed by atoms with Gasteiger partial charge in [0.05, 0.1) is 17.4 Å². The van der Waals surface area contributed by atoms with Gasteiger partial charge in [0, 0.05) is 25.2 Å². The number of carbonyl (C=O) groups is 1. The van der Waals surface area contributed by atoms with Crippen LogP contribution in [-0.2, 0) is 16.1 Å². The zero-order valence-electron chi connectivity index (χ0n) is 11.3. The highest BCUT2D eigenvalue weighted by Crippen LogP contribution is 2.16. The van der Waals surface area contributed by atoms with Crippen molar-refractivity contribution in [3.63, 3.8) is 0 Å². The zero-order valence-corrected chi connectivity index (χ0v) is 11.3. The Bertz CT molecular complexity index is 454. The zero-order chi connectivity index (χ0) is 14.5. The summed E-state index contributed by atoms with van der Waals surface area (Å²) in [6.07, 6.45) is 0. The number of non-ortho nitro benzene ring substituents is 1. The molecule has 0 saturated heterocycles. The molecule has 104 valence electrons. The molecule has 0 aliphatic rings. The molecule has 6 heteroatoms. The van der Waals surface area contributed by atoms with E-state index < -0.39 is 10.3 Å². The predicted molar refractivity (Wildman–Crippen MR) is 70.6 cm³/mol. The number of hydrogen-bond acceptors (Lipinski definition) is 5. The number of esters is 1. The van der Waals surface area contributed by atoms with Crippen LogP contribution in [0.4, 0.5) is 5.69 Å². The fourth-order valence-corrected chi connectivity index (χ4v) is 1.60. The van der Waals surface area contributed by atoms with Crippen LogP contribution in [0.1, 0.15) is 19.4 Å². The summed E-state index contributed by atoms with van der Waals surface area (Å²) < 4.78 is 4.71. The Balaban J connectivity index is 2.49. The van der Waals surface area contributed by atoms with E-state index in [1.54, 1.807) is 26.0 Å². The number of methoxy groups -OCH3 is 1. The monoisotopic (exact) mass is 266 g/mol. The number of nitrogens with zero attached hydrogens (tertiary/aromatic N) is 1. The van der Waals surface area contributed by atoms with Gasteiger partial charge in [0.1, 0.15) is 0 Å². The van der Waals surface area contributed by atoms with Gasteiger partial charge in [-0.05, 0) is 19.4 Å². The van der Waals surface area contributed by atoms with E-state index in [4.69, 9.17) is 4.74 Å². The van der Waals surface area contributed by atoms with E-state index >= 15 is 0 Å². The second-order valence-electron chi connectivity index (χ2n) is 4.90. The minimum atomic E-state index is -0.602. The second kappa shape index (κ2) is 6.29. The van der Waals surface area contributed by atoms with E-state index in [2.05, 4.69) is 5.32 Å². The highest BCUT2D eigenvalue weighted by Gasteiger charge is 2.27. The minimum Gasteiger partial charge on any atom is -0.469 e. The summed E-state index contributed by atoms with van der Waals surface area (Å²) >= 11 is 0. The van der Waals surface area contributed by atoms with Crippen molar-refractivity contribution in [3.8, 4) is 0 Å². The lowest BCUT2D eigenvalue weighted by Gasteiger charge is -2.21. The lowest BCUT2D eigenvalue weighted by Crippen LogP contribution is -2.36. The number of rotatable bonds is 6. The average molecular weight is 266 g/mol. The first kappa shape index (κ1) is 15.1. The third kappa shape index (κ3) is 4.33. The first-order valence-electron chi connectivity index (χ1n) is 5.89. The number of nitrogens with one attached hydrogen (secondary N) is 1. The van der Waals surface area contributed by atoms with Gasteiger partial charge in [0.2, 0.25) is 0 Å². The standard InChI is InChI=1S/C13H18N2O4/c1-13(2,12(16)19-3)9-14-8-10-4-6-11(7-5-10)15(17)18/h4-7,14H,8-9H2,1-3H3. The number of benzene rings is 1. The van der Waals surface area contributed by atoms with Gasteiger partial charge in [-0.2, -0.15) is 0 Å². The van der Waals surface area contributed by atoms with Crippen LogP contribution in [0, 0.1) is 15.5 Å². The van der Waals surface area contributed by atoms with Crippen LogP contribution in [0.15, 0.2) is 24.3 Å². The fourth-order valence-electron chi connectivity index (χ4n) is 1.60. The van der Waals surface area contributed by atoms with Gasteiger partial charge < -0.3 is 10.1 Å². The Labute approximate surface area is 111 Å². The summed E-state index contributed by atoms with van der Waals surface area (Å²) in [7, 11) is 1.36. The molecule has 0 atom stereocenters. The molecule has 0 bridgehead atoms. The van der Waals surface area contributed by atoms with Crippen LogP contribution in [0.5, 0.6) is 0 Å². The van der Waals surface area contributed by atoms with Crippen molar-refractivity contribution in [3.05, 3.63) is 39.9 Å². The molecule has 0 aliphatic heterocycles. The maximum absolute atomic E-state index is 11.5. The van der Waals surface area contributed by atoms with E-state index in [0.717, 1.165) is 5.56 Å². The van der Waals surface area contributed by atoms with Gasteiger partial charge in [-0.25, -0.2) is 0 Å². The third-order valence-corrected chi connectivity index (χ3v) is 2.78. The smallest absolute Gasteiger partial charge is 0.312 e. The number of carbonyl (C=O) groups excluding carboxylic acids is 1. The van der Waals surface area contributed by atoms with E-state index in [0.29, 0.717) is 13.1 Å². The first-order valence-corrected chi connectivity index (χ1v) is 5.89. The molecule has 0 aliphatic carbocycles. The molecule has 6 nitrogen and oxygen atoms in total. The van der Waals surface area contributed by atoms with Gasteiger partial charge in [-0.15, -0.1) is 0 Å². The van der Waals surface area contributed by atoms with Crippen molar-refractivity contribution in [1.29, 1.82) is 0 Å². The van der Waals surface area contributed by atoms with Crippen molar-refractivity contribution < 1.29 is 14.5 Å². The minimum absolute atomic E-state index is 0.0682. The van der Waals surface area contributed by atoms with Crippen molar-refractivity contribution in [2.75, 3.05) is 13.7 Å². The van der Waals surface area contributed by atoms with Crippen LogP contribution in [0.25, 0.3) is 0 Å². The molecule has 19 heavy (non-hydrogen) atoms. The Hall–Kier alpha value is -1.95. The summed E-state index contributed by atoms with van der Waals surface area (Å²) in [5, 5.41) is 13.6. The molecule has 0 aromatic heterocycles. The molecule has 0 amide bonds. The maximum Gasteiger partial charge on any atom is 0.312 e. The molecule has 0 fully saturated rings. The summed E-state index contributed by atoms with van der Waals surface area (Å²) in [4.78, 5) is 21.5. The predicted octanol–water partition coefficient (Wildman–Crippen LogP) is 1.88. The Morgan fingerprint density at radius 3 is 2.42 bits per heavy atom. The largest absolute Gasteiger partial charge is 0.469 e. The van der Waals surface area contributed by atoms with Crippen LogP contribution in [0.2, 0.25) is 0 Å². The number of hydrogen-bond donors (Lipinski definition) is 1. The van der Waals surface area contributed by atoms with Crippen molar-refractivity contribution in [2.24, 2.45) is 5.41 Å². The summed E-state index contributed by atoms with van der Waals surface area (Å²) in [5.41, 5.74) is 0.389. The molecular formula is C13H18N2O4. The SMILES string of the molecule is COC(=O)C(C)(C)CNCc1ccc([N+](=O)[O-])cc1. The lowest BCUT2D eigenvalue weighted by molar-refractivity contribution is -0.384. The number of nitro benzene ring substituents is 1. The molecular weight excluding hydrogens is 248 g/mol. The van der Waals surface area contributed by atoms with Crippen molar-refractivity contribution in [1.82, 2.24) is 5.32 Å². The molecule has 1 aromatic carbocycles. The molecule has 0 heterocycles. The maximum atomic E-state index is 11.5. The molecule has 0 radical (unpaired) electrons. The Morgan fingerprint density at radius 1 is 1.37 bits per heavy atom. The van der Waals surface area contributed by atoms with Gasteiger partial charge in [-0.3, -0.25) is 14.9 Å². The van der Waals surface area contributed by atoms with Crippen LogP contribution < -0.4 is 5.32 Å². The summed E-state index contributed by atoms with van der Waals surface area (Å²) in [6, 6.07) is 6.30. The van der Waals surface area contributed by atoms with E-state index in [-0.39, 0.29) is 11.7 Å². The Kier molecular flexibility index (Phi) is 5.00. The van der Waals surface area contributed by atoms with Crippen LogP contribution in [0.3, 0.4) is 0 Å². The van der Waals surface area contributed by atoms with Crippen molar-refractivity contribution in [2.45, 2.75) is 20.4 Å². The van der Waals surface area contributed by atoms with Gasteiger partial charge in [0.15, 0.2) is 0 Å². The molecule has 0 saturated carbocycles. The number of nitro groups is 1. The van der Waals surface area contributed by atoms with E-state index in [1.165, 1.54) is 19.2 Å². The van der Waals surface area contributed by atoms with Crippen LogP contribution in [-0.4, -0.2) is 24.5 Å². The van der Waals surface area contributed by atoms with Crippen molar-refractivity contribution >= 4 is 11.7 Å². The third-order valence-electron chi connectivity index (χ3n) is 2.78.